The lowest BCUT2D eigenvalue weighted by Gasteiger charge is -2.43. The van der Waals surface area contributed by atoms with Gasteiger partial charge in [-0.15, -0.1) is 0 Å². The molecular weight excluding hydrogens is 368 g/mol. The zero-order chi connectivity index (χ0) is 20.6. The lowest BCUT2D eigenvalue weighted by Crippen LogP contribution is -2.51. The largest absolute Gasteiger partial charge is 0.327 e. The second-order valence-electron chi connectivity index (χ2n) is 9.22. The van der Waals surface area contributed by atoms with Crippen LogP contribution in [0.1, 0.15) is 79.4 Å². The van der Waals surface area contributed by atoms with E-state index in [0.717, 1.165) is 30.2 Å². The van der Waals surface area contributed by atoms with Crippen LogP contribution >= 0.6 is 0 Å². The summed E-state index contributed by atoms with van der Waals surface area (Å²) in [5, 5.41) is 1.08. The number of hydrogen-bond acceptors (Lipinski definition) is 2. The molecule has 1 aliphatic heterocycles. The molecule has 1 aromatic heterocycles. The summed E-state index contributed by atoms with van der Waals surface area (Å²) >= 11 is 0. The van der Waals surface area contributed by atoms with Gasteiger partial charge in [0.15, 0.2) is 0 Å². The molecule has 3 heteroatoms. The molecule has 1 aliphatic carbocycles. The number of pyridine rings is 1. The topological polar surface area (TPSA) is 33.2 Å². The van der Waals surface area contributed by atoms with Crippen molar-refractivity contribution in [2.45, 2.75) is 69.9 Å². The fourth-order valence-corrected chi connectivity index (χ4v) is 5.76. The van der Waals surface area contributed by atoms with E-state index in [1.165, 1.54) is 36.8 Å². The van der Waals surface area contributed by atoms with Gasteiger partial charge in [0.2, 0.25) is 0 Å². The van der Waals surface area contributed by atoms with E-state index in [1.54, 1.807) is 0 Å². The predicted octanol–water partition coefficient (Wildman–Crippen LogP) is 6.48. The standard InChI is InChI=1S/C27H30N2O/c1-20-18-27(16-8-2-3-9-17-27)29(19-22-11-4-6-12-23(20)22)26(30)25-15-14-21-10-5-7-13-24(21)28-25/h4-7,10-15,20H,2-3,8-9,16-19H2,1H3. The van der Waals surface area contributed by atoms with E-state index >= 15 is 0 Å². The van der Waals surface area contributed by atoms with Crippen molar-refractivity contribution in [1.82, 2.24) is 9.88 Å². The second-order valence-corrected chi connectivity index (χ2v) is 9.22. The Morgan fingerprint density at radius 1 is 0.933 bits per heavy atom. The molecular formula is C27H30N2O. The minimum atomic E-state index is -0.0701. The zero-order valence-corrected chi connectivity index (χ0v) is 17.8. The Labute approximate surface area is 179 Å². The molecule has 154 valence electrons. The third kappa shape index (κ3) is 3.40. The molecule has 0 N–H and O–H groups in total. The van der Waals surface area contributed by atoms with Crippen molar-refractivity contribution in [2.24, 2.45) is 0 Å². The molecule has 2 aliphatic rings. The summed E-state index contributed by atoms with van der Waals surface area (Å²) < 4.78 is 0. The van der Waals surface area contributed by atoms with E-state index in [2.05, 4.69) is 36.1 Å². The van der Waals surface area contributed by atoms with E-state index in [0.29, 0.717) is 18.2 Å². The summed E-state index contributed by atoms with van der Waals surface area (Å²) in [6, 6.07) is 20.7. The van der Waals surface area contributed by atoms with Crippen molar-refractivity contribution in [3.63, 3.8) is 0 Å². The van der Waals surface area contributed by atoms with Crippen molar-refractivity contribution in [1.29, 1.82) is 0 Å². The molecule has 1 unspecified atom stereocenters. The molecule has 1 fully saturated rings. The molecule has 5 rings (SSSR count). The number of fused-ring (bicyclic) bond motifs is 2. The Hall–Kier alpha value is -2.68. The smallest absolute Gasteiger partial charge is 0.273 e. The van der Waals surface area contributed by atoms with Crippen LogP contribution in [0, 0.1) is 0 Å². The fraction of sp³-hybridized carbons (Fsp3) is 0.407. The molecule has 1 spiro atoms. The van der Waals surface area contributed by atoms with Gasteiger partial charge in [0.05, 0.1) is 5.52 Å². The number of para-hydroxylation sites is 1. The molecule has 0 bridgehead atoms. The highest BCUT2D eigenvalue weighted by Crippen LogP contribution is 2.44. The first-order valence-corrected chi connectivity index (χ1v) is 11.4. The molecule has 1 saturated carbocycles. The Balaban J connectivity index is 1.60. The summed E-state index contributed by atoms with van der Waals surface area (Å²) in [7, 11) is 0. The first kappa shape index (κ1) is 19.3. The van der Waals surface area contributed by atoms with Gasteiger partial charge >= 0.3 is 0 Å². The van der Waals surface area contributed by atoms with E-state index in [4.69, 9.17) is 4.98 Å². The number of amides is 1. The van der Waals surface area contributed by atoms with Gasteiger partial charge in [-0.3, -0.25) is 4.79 Å². The number of carbonyl (C=O) groups excluding carboxylic acids is 1. The van der Waals surface area contributed by atoms with Crippen LogP contribution in [0.4, 0.5) is 0 Å². The van der Waals surface area contributed by atoms with Gasteiger partial charge in [-0.25, -0.2) is 4.98 Å². The van der Waals surface area contributed by atoms with Gasteiger partial charge in [0, 0.05) is 17.5 Å². The van der Waals surface area contributed by atoms with Gasteiger partial charge in [-0.1, -0.05) is 81.1 Å². The van der Waals surface area contributed by atoms with Crippen molar-refractivity contribution >= 4 is 16.8 Å². The normalized spacial score (nSPS) is 21.1. The van der Waals surface area contributed by atoms with Crippen molar-refractivity contribution in [3.05, 3.63) is 77.5 Å². The van der Waals surface area contributed by atoms with Crippen molar-refractivity contribution < 1.29 is 4.79 Å². The summed E-state index contributed by atoms with van der Waals surface area (Å²) in [5.74, 6) is 0.549. The maximum absolute atomic E-state index is 14.0. The summed E-state index contributed by atoms with van der Waals surface area (Å²) in [6.45, 7) is 3.03. The lowest BCUT2D eigenvalue weighted by molar-refractivity contribution is 0.0345. The third-order valence-corrected chi connectivity index (χ3v) is 7.27. The average Bonchev–Trinajstić information content (AvgIpc) is 3.09. The second kappa shape index (κ2) is 7.86. The summed E-state index contributed by atoms with van der Waals surface area (Å²) in [4.78, 5) is 20.9. The van der Waals surface area contributed by atoms with Crippen molar-refractivity contribution in [3.8, 4) is 0 Å². The number of aromatic nitrogens is 1. The first-order chi connectivity index (χ1) is 14.7. The fourth-order valence-electron chi connectivity index (χ4n) is 5.76. The first-order valence-electron chi connectivity index (χ1n) is 11.4. The maximum Gasteiger partial charge on any atom is 0.273 e. The van der Waals surface area contributed by atoms with Crippen LogP contribution in [0.2, 0.25) is 0 Å². The molecule has 2 heterocycles. The molecule has 0 radical (unpaired) electrons. The molecule has 1 amide bonds. The number of benzene rings is 2. The Morgan fingerprint density at radius 2 is 1.67 bits per heavy atom. The number of carbonyl (C=O) groups is 1. The zero-order valence-electron chi connectivity index (χ0n) is 17.8. The molecule has 0 saturated heterocycles. The quantitative estimate of drug-likeness (QED) is 0.470. The monoisotopic (exact) mass is 398 g/mol. The van der Waals surface area contributed by atoms with Crippen LogP contribution in [-0.2, 0) is 6.54 Å². The Morgan fingerprint density at radius 3 is 2.50 bits per heavy atom. The minimum absolute atomic E-state index is 0.0701. The lowest BCUT2D eigenvalue weighted by atomic mass is 9.79. The predicted molar refractivity (Wildman–Crippen MR) is 122 cm³/mol. The number of hydrogen-bond donors (Lipinski definition) is 0. The van der Waals surface area contributed by atoms with Gasteiger partial charge in [0.1, 0.15) is 5.69 Å². The van der Waals surface area contributed by atoms with Crippen LogP contribution in [0.3, 0.4) is 0 Å². The highest BCUT2D eigenvalue weighted by molar-refractivity contribution is 5.95. The van der Waals surface area contributed by atoms with E-state index < -0.39 is 0 Å². The SMILES string of the molecule is CC1CC2(CCCCCC2)N(C(=O)c2ccc3ccccc3n2)Cc2ccccc21. The highest BCUT2D eigenvalue weighted by atomic mass is 16.2. The molecule has 3 nitrogen and oxygen atoms in total. The van der Waals surface area contributed by atoms with Gasteiger partial charge in [-0.05, 0) is 48.4 Å². The molecule has 30 heavy (non-hydrogen) atoms. The van der Waals surface area contributed by atoms with E-state index in [-0.39, 0.29) is 11.4 Å². The van der Waals surface area contributed by atoms with Crippen LogP contribution in [-0.4, -0.2) is 21.3 Å². The molecule has 2 aromatic carbocycles. The maximum atomic E-state index is 14.0. The molecule has 1 atom stereocenters. The van der Waals surface area contributed by atoms with Gasteiger partial charge < -0.3 is 4.90 Å². The van der Waals surface area contributed by atoms with Crippen LogP contribution in [0.15, 0.2) is 60.7 Å². The van der Waals surface area contributed by atoms with Crippen LogP contribution in [0.5, 0.6) is 0 Å². The van der Waals surface area contributed by atoms with Gasteiger partial charge in [-0.2, -0.15) is 0 Å². The minimum Gasteiger partial charge on any atom is -0.327 e. The average molecular weight is 399 g/mol. The van der Waals surface area contributed by atoms with Crippen molar-refractivity contribution in [2.75, 3.05) is 0 Å². The molecule has 3 aromatic rings. The number of rotatable bonds is 1. The van der Waals surface area contributed by atoms with Crippen LogP contribution in [0.25, 0.3) is 10.9 Å². The third-order valence-electron chi connectivity index (χ3n) is 7.27. The Kier molecular flexibility index (Phi) is 5.06. The van der Waals surface area contributed by atoms with E-state index in [1.807, 2.05) is 36.4 Å². The Bertz CT molecular complexity index is 1070. The van der Waals surface area contributed by atoms with Crippen LogP contribution < -0.4 is 0 Å². The van der Waals surface area contributed by atoms with E-state index in [9.17, 15) is 4.79 Å². The van der Waals surface area contributed by atoms with Gasteiger partial charge in [0.25, 0.3) is 5.91 Å². The summed E-state index contributed by atoms with van der Waals surface area (Å²) in [6.07, 6.45) is 8.22. The summed E-state index contributed by atoms with van der Waals surface area (Å²) in [5.41, 5.74) is 4.09. The number of nitrogens with zero attached hydrogens (tertiary/aromatic N) is 2. The highest BCUT2D eigenvalue weighted by Gasteiger charge is 2.43.